The summed E-state index contributed by atoms with van der Waals surface area (Å²) in [7, 11) is 0. The zero-order chi connectivity index (χ0) is 21.7. The minimum Gasteiger partial charge on any atom is -0.373 e. The maximum absolute atomic E-state index is 14.5. The number of benzene rings is 1. The van der Waals surface area contributed by atoms with Crippen molar-refractivity contribution in [1.29, 1.82) is 0 Å². The number of hydrogen-bond acceptors (Lipinski definition) is 5. The van der Waals surface area contributed by atoms with E-state index in [1.807, 2.05) is 29.4 Å². The van der Waals surface area contributed by atoms with Gasteiger partial charge in [0.25, 0.3) is 0 Å². The number of nitrogens with zero attached hydrogens (tertiary/aromatic N) is 6. The summed E-state index contributed by atoms with van der Waals surface area (Å²) in [6, 6.07) is 5.21. The van der Waals surface area contributed by atoms with Gasteiger partial charge in [-0.15, -0.1) is 0 Å². The number of anilines is 1. The van der Waals surface area contributed by atoms with Crippen LogP contribution >= 0.6 is 0 Å². The zero-order valence-corrected chi connectivity index (χ0v) is 17.2. The molecule has 1 fully saturated rings. The second-order valence-electron chi connectivity index (χ2n) is 8.02. The molecule has 32 heavy (non-hydrogen) atoms. The Morgan fingerprint density at radius 1 is 1.09 bits per heavy atom. The summed E-state index contributed by atoms with van der Waals surface area (Å²) < 4.78 is 37.1. The topological polar surface area (TPSA) is 60.5 Å². The third-order valence-corrected chi connectivity index (χ3v) is 6.11. The van der Waals surface area contributed by atoms with Gasteiger partial charge in [-0.3, -0.25) is 0 Å². The van der Waals surface area contributed by atoms with E-state index in [0.29, 0.717) is 36.8 Å². The van der Waals surface area contributed by atoms with E-state index >= 15 is 0 Å². The molecule has 162 valence electrons. The van der Waals surface area contributed by atoms with Crippen LogP contribution in [0.3, 0.4) is 0 Å². The first-order valence-corrected chi connectivity index (χ1v) is 10.6. The lowest BCUT2D eigenvalue weighted by Crippen LogP contribution is -2.24. The molecule has 3 aromatic heterocycles. The van der Waals surface area contributed by atoms with Crippen LogP contribution in [0.25, 0.3) is 16.9 Å². The molecule has 1 saturated heterocycles. The molecule has 0 unspecified atom stereocenters. The van der Waals surface area contributed by atoms with Gasteiger partial charge < -0.3 is 9.64 Å². The molecule has 0 amide bonds. The van der Waals surface area contributed by atoms with Crippen molar-refractivity contribution in [3.05, 3.63) is 77.9 Å². The zero-order valence-electron chi connectivity index (χ0n) is 17.2. The molecule has 5 heterocycles. The van der Waals surface area contributed by atoms with E-state index in [9.17, 15) is 8.78 Å². The number of hydrogen-bond donors (Lipinski definition) is 0. The Bertz CT molecular complexity index is 1340. The normalized spacial score (nSPS) is 18.6. The van der Waals surface area contributed by atoms with E-state index in [1.165, 1.54) is 12.1 Å². The number of rotatable bonds is 4. The van der Waals surface area contributed by atoms with Gasteiger partial charge in [0.15, 0.2) is 5.65 Å². The molecule has 0 saturated carbocycles. The Labute approximate surface area is 182 Å². The van der Waals surface area contributed by atoms with Crippen LogP contribution in [0, 0.1) is 11.6 Å². The summed E-state index contributed by atoms with van der Waals surface area (Å²) >= 11 is 0. The molecule has 1 atom stereocenters. The molecule has 0 N–H and O–H groups in total. The Kier molecular flexibility index (Phi) is 4.50. The van der Waals surface area contributed by atoms with Gasteiger partial charge >= 0.3 is 0 Å². The average molecular weight is 434 g/mol. The number of fused-ring (bicyclic) bond motifs is 1. The highest BCUT2D eigenvalue weighted by Crippen LogP contribution is 2.37. The summed E-state index contributed by atoms with van der Waals surface area (Å²) in [5.74, 6) is -0.139. The molecule has 6 rings (SSSR count). The van der Waals surface area contributed by atoms with E-state index in [4.69, 9.17) is 9.72 Å². The lowest BCUT2D eigenvalue weighted by molar-refractivity contribution is 0.216. The lowest BCUT2D eigenvalue weighted by Gasteiger charge is -2.26. The van der Waals surface area contributed by atoms with Crippen LogP contribution in [-0.2, 0) is 4.74 Å². The Hall–Kier alpha value is -3.59. The highest BCUT2D eigenvalue weighted by Gasteiger charge is 2.30. The van der Waals surface area contributed by atoms with Crippen molar-refractivity contribution >= 4 is 17.0 Å². The summed E-state index contributed by atoms with van der Waals surface area (Å²) in [4.78, 5) is 6.87. The van der Waals surface area contributed by atoms with Crippen LogP contribution in [0.2, 0.25) is 0 Å². The average Bonchev–Trinajstić information content (AvgIpc) is 3.60. The maximum Gasteiger partial charge on any atom is 0.183 e. The van der Waals surface area contributed by atoms with Crippen molar-refractivity contribution in [3.63, 3.8) is 0 Å². The predicted molar refractivity (Wildman–Crippen MR) is 115 cm³/mol. The quantitative estimate of drug-likeness (QED) is 0.487. The van der Waals surface area contributed by atoms with E-state index in [1.54, 1.807) is 21.6 Å². The summed E-state index contributed by atoms with van der Waals surface area (Å²) in [6.45, 7) is 1.91. The molecule has 0 radical (unpaired) electrons. The lowest BCUT2D eigenvalue weighted by atomic mass is 10.0. The van der Waals surface area contributed by atoms with Crippen molar-refractivity contribution in [2.75, 3.05) is 24.7 Å². The maximum atomic E-state index is 14.5. The highest BCUT2D eigenvalue weighted by molar-refractivity contribution is 5.68. The Morgan fingerprint density at radius 3 is 2.91 bits per heavy atom. The van der Waals surface area contributed by atoms with Gasteiger partial charge in [-0.05, 0) is 42.7 Å². The van der Waals surface area contributed by atoms with Crippen molar-refractivity contribution in [1.82, 2.24) is 24.4 Å². The summed E-state index contributed by atoms with van der Waals surface area (Å²) in [5, 5.41) is 8.88. The second-order valence-corrected chi connectivity index (χ2v) is 8.02. The molecule has 0 aliphatic carbocycles. The molecule has 4 aromatic rings. The van der Waals surface area contributed by atoms with E-state index in [0.717, 1.165) is 35.7 Å². The fraction of sp³-hybridized carbons (Fsp3) is 0.261. The SMILES string of the molecule is Fc1ccc(F)c([C@@H]2CCCN2c2ccn3ncc(-n4cc(C5=CCOC5)cn4)c3n2)c1. The van der Waals surface area contributed by atoms with Gasteiger partial charge in [-0.2, -0.15) is 10.2 Å². The number of ether oxygens (including phenoxy) is 1. The third-order valence-electron chi connectivity index (χ3n) is 6.11. The van der Waals surface area contributed by atoms with Crippen molar-refractivity contribution in [2.24, 2.45) is 0 Å². The fourth-order valence-corrected chi connectivity index (χ4v) is 4.51. The highest BCUT2D eigenvalue weighted by atomic mass is 19.1. The van der Waals surface area contributed by atoms with Crippen LogP contribution in [0.1, 0.15) is 30.0 Å². The molecule has 7 nitrogen and oxygen atoms in total. The van der Waals surface area contributed by atoms with E-state index < -0.39 is 11.6 Å². The molecule has 2 aliphatic rings. The predicted octanol–water partition coefficient (Wildman–Crippen LogP) is 3.95. The molecule has 1 aromatic carbocycles. The van der Waals surface area contributed by atoms with Gasteiger partial charge in [0.2, 0.25) is 0 Å². The first-order chi connectivity index (χ1) is 15.7. The Balaban J connectivity index is 1.37. The third kappa shape index (κ3) is 3.16. The Morgan fingerprint density at radius 2 is 2.03 bits per heavy atom. The fourth-order valence-electron chi connectivity index (χ4n) is 4.51. The smallest absolute Gasteiger partial charge is 0.183 e. The van der Waals surface area contributed by atoms with E-state index in [-0.39, 0.29) is 6.04 Å². The summed E-state index contributed by atoms with van der Waals surface area (Å²) in [5.41, 5.74) is 3.85. The molecule has 2 aliphatic heterocycles. The largest absolute Gasteiger partial charge is 0.373 e. The molecule has 0 bridgehead atoms. The van der Waals surface area contributed by atoms with Crippen LogP contribution < -0.4 is 4.90 Å². The standard InChI is InChI=1S/C23H20F2N6O/c24-17-3-4-19(25)18(10-17)20-2-1-7-29(20)22-5-8-30-23(28-22)21(12-27-30)31-13-16(11-26-31)15-6-9-32-14-15/h3-6,8,10-13,20H,1-2,7,9,14H2/t20-/m0/s1. The van der Waals surface area contributed by atoms with Crippen LogP contribution in [0.4, 0.5) is 14.6 Å². The van der Waals surface area contributed by atoms with Gasteiger partial charge in [0.05, 0.1) is 31.6 Å². The van der Waals surface area contributed by atoms with Crippen LogP contribution in [0.15, 0.2) is 55.1 Å². The van der Waals surface area contributed by atoms with Gasteiger partial charge in [0.1, 0.15) is 23.1 Å². The van der Waals surface area contributed by atoms with E-state index in [2.05, 4.69) is 10.2 Å². The molecule has 9 heteroatoms. The van der Waals surface area contributed by atoms with Gasteiger partial charge in [-0.1, -0.05) is 6.08 Å². The second kappa shape index (κ2) is 7.52. The van der Waals surface area contributed by atoms with Gasteiger partial charge in [-0.25, -0.2) is 23.0 Å². The first-order valence-electron chi connectivity index (χ1n) is 10.6. The number of halogens is 2. The molecule has 0 spiro atoms. The first kappa shape index (κ1) is 19.1. The minimum atomic E-state index is -0.438. The summed E-state index contributed by atoms with van der Waals surface area (Å²) in [6.07, 6.45) is 10.9. The van der Waals surface area contributed by atoms with Crippen LogP contribution in [0.5, 0.6) is 0 Å². The van der Waals surface area contributed by atoms with Gasteiger partial charge in [0, 0.05) is 30.1 Å². The monoisotopic (exact) mass is 434 g/mol. The minimum absolute atomic E-state index is 0.266. The molecular weight excluding hydrogens is 414 g/mol. The van der Waals surface area contributed by atoms with Crippen molar-refractivity contribution < 1.29 is 13.5 Å². The van der Waals surface area contributed by atoms with Crippen LogP contribution in [-0.4, -0.2) is 44.1 Å². The van der Waals surface area contributed by atoms with Crippen molar-refractivity contribution in [2.45, 2.75) is 18.9 Å². The van der Waals surface area contributed by atoms with Crippen molar-refractivity contribution in [3.8, 4) is 5.69 Å². The molecular formula is C23H20F2N6O. The number of aromatic nitrogens is 5.